The minimum atomic E-state index is -0.386. The summed E-state index contributed by atoms with van der Waals surface area (Å²) in [5, 5.41) is 2.85. The van der Waals surface area contributed by atoms with Crippen LogP contribution in [0.4, 0.5) is 4.39 Å². The summed E-state index contributed by atoms with van der Waals surface area (Å²) in [4.78, 5) is 25.9. The summed E-state index contributed by atoms with van der Waals surface area (Å²) in [5.41, 5.74) is 2.86. The molecule has 0 radical (unpaired) electrons. The normalized spacial score (nSPS) is 13.0. The molecule has 0 heterocycles. The zero-order valence-electron chi connectivity index (χ0n) is 15.6. The van der Waals surface area contributed by atoms with Gasteiger partial charge in [-0.3, -0.25) is 9.59 Å². The molecular formula is C21H25FN2O2. The van der Waals surface area contributed by atoms with E-state index >= 15 is 0 Å². The topological polar surface area (TPSA) is 49.4 Å². The average molecular weight is 356 g/mol. The highest BCUT2D eigenvalue weighted by molar-refractivity contribution is 5.79. The SMILES string of the molecule is CC(=O)NC(CC(=O)N(C)C(C)c1ccc(F)cc1)c1ccc(C)cc1. The lowest BCUT2D eigenvalue weighted by molar-refractivity contribution is -0.132. The predicted molar refractivity (Wildman–Crippen MR) is 99.9 cm³/mol. The molecule has 0 saturated heterocycles. The third-order valence-electron chi connectivity index (χ3n) is 4.56. The molecule has 2 aromatic carbocycles. The van der Waals surface area contributed by atoms with Gasteiger partial charge in [-0.2, -0.15) is 0 Å². The van der Waals surface area contributed by atoms with E-state index in [4.69, 9.17) is 0 Å². The second kappa shape index (κ2) is 8.61. The number of nitrogens with one attached hydrogen (secondary N) is 1. The minimum absolute atomic E-state index is 0.0962. The van der Waals surface area contributed by atoms with Crippen LogP contribution in [0.15, 0.2) is 48.5 Å². The molecule has 0 aliphatic carbocycles. The van der Waals surface area contributed by atoms with Crippen LogP contribution in [-0.2, 0) is 9.59 Å². The van der Waals surface area contributed by atoms with E-state index in [1.165, 1.54) is 19.1 Å². The molecule has 2 amide bonds. The van der Waals surface area contributed by atoms with Crippen molar-refractivity contribution >= 4 is 11.8 Å². The van der Waals surface area contributed by atoms with Crippen molar-refractivity contribution < 1.29 is 14.0 Å². The lowest BCUT2D eigenvalue weighted by atomic mass is 10.0. The maximum atomic E-state index is 13.1. The summed E-state index contributed by atoms with van der Waals surface area (Å²) in [6.07, 6.45) is 0.157. The molecule has 5 heteroatoms. The lowest BCUT2D eigenvalue weighted by Crippen LogP contribution is -2.35. The smallest absolute Gasteiger partial charge is 0.225 e. The quantitative estimate of drug-likeness (QED) is 0.853. The van der Waals surface area contributed by atoms with Crippen LogP contribution < -0.4 is 5.32 Å². The van der Waals surface area contributed by atoms with Gasteiger partial charge < -0.3 is 10.2 Å². The van der Waals surface area contributed by atoms with Gasteiger partial charge in [0.15, 0.2) is 0 Å². The monoisotopic (exact) mass is 356 g/mol. The van der Waals surface area contributed by atoms with E-state index in [2.05, 4.69) is 5.32 Å². The Hall–Kier alpha value is -2.69. The minimum Gasteiger partial charge on any atom is -0.349 e. The summed E-state index contributed by atoms with van der Waals surface area (Å²) in [7, 11) is 1.72. The van der Waals surface area contributed by atoms with Gasteiger partial charge in [-0.1, -0.05) is 42.0 Å². The zero-order chi connectivity index (χ0) is 19.3. The van der Waals surface area contributed by atoms with Crippen LogP contribution in [0.2, 0.25) is 0 Å². The lowest BCUT2D eigenvalue weighted by Gasteiger charge is -2.28. The molecule has 2 unspecified atom stereocenters. The fourth-order valence-corrected chi connectivity index (χ4v) is 2.80. The third kappa shape index (κ3) is 5.15. The highest BCUT2D eigenvalue weighted by atomic mass is 19.1. The van der Waals surface area contributed by atoms with Gasteiger partial charge >= 0.3 is 0 Å². The highest BCUT2D eigenvalue weighted by Gasteiger charge is 2.23. The maximum absolute atomic E-state index is 13.1. The van der Waals surface area contributed by atoms with Crippen molar-refractivity contribution in [2.45, 2.75) is 39.3 Å². The van der Waals surface area contributed by atoms with E-state index < -0.39 is 0 Å². The Labute approximate surface area is 154 Å². The fraction of sp³-hybridized carbons (Fsp3) is 0.333. The second-order valence-electron chi connectivity index (χ2n) is 6.60. The van der Waals surface area contributed by atoms with Crippen LogP contribution in [0.25, 0.3) is 0 Å². The largest absolute Gasteiger partial charge is 0.349 e. The van der Waals surface area contributed by atoms with Crippen LogP contribution in [0.3, 0.4) is 0 Å². The van der Waals surface area contributed by atoms with Crippen molar-refractivity contribution in [3.8, 4) is 0 Å². The molecule has 0 bridgehead atoms. The Balaban J connectivity index is 2.13. The number of benzene rings is 2. The van der Waals surface area contributed by atoms with Crippen LogP contribution >= 0.6 is 0 Å². The van der Waals surface area contributed by atoms with Gasteiger partial charge in [0.1, 0.15) is 5.82 Å². The van der Waals surface area contributed by atoms with Gasteiger partial charge in [-0.25, -0.2) is 4.39 Å². The molecule has 2 atom stereocenters. The second-order valence-corrected chi connectivity index (χ2v) is 6.60. The van der Waals surface area contributed by atoms with Crippen LogP contribution in [0, 0.1) is 12.7 Å². The predicted octanol–water partition coefficient (Wildman–Crippen LogP) is 3.92. The number of carbonyl (C=O) groups excluding carboxylic acids is 2. The first kappa shape index (κ1) is 19.6. The van der Waals surface area contributed by atoms with E-state index in [-0.39, 0.29) is 36.1 Å². The Bertz CT molecular complexity index is 757. The van der Waals surface area contributed by atoms with Gasteiger partial charge in [0, 0.05) is 14.0 Å². The number of nitrogens with zero attached hydrogens (tertiary/aromatic N) is 1. The Kier molecular flexibility index (Phi) is 6.50. The van der Waals surface area contributed by atoms with Gasteiger partial charge in [0.25, 0.3) is 0 Å². The summed E-state index contributed by atoms with van der Waals surface area (Å²) in [6.45, 7) is 5.32. The molecule has 2 aromatic rings. The number of hydrogen-bond acceptors (Lipinski definition) is 2. The first-order valence-corrected chi connectivity index (χ1v) is 8.62. The van der Waals surface area contributed by atoms with Gasteiger partial charge in [-0.05, 0) is 37.1 Å². The van der Waals surface area contributed by atoms with E-state index in [9.17, 15) is 14.0 Å². The van der Waals surface area contributed by atoms with Gasteiger partial charge in [0.2, 0.25) is 11.8 Å². The van der Waals surface area contributed by atoms with Crippen LogP contribution in [0.5, 0.6) is 0 Å². The Morgan fingerprint density at radius 1 is 1.04 bits per heavy atom. The summed E-state index contributed by atoms with van der Waals surface area (Å²) in [5.74, 6) is -0.584. The van der Waals surface area contributed by atoms with Crippen molar-refractivity contribution in [3.63, 3.8) is 0 Å². The number of carbonyl (C=O) groups is 2. The maximum Gasteiger partial charge on any atom is 0.225 e. The van der Waals surface area contributed by atoms with Crippen molar-refractivity contribution in [1.29, 1.82) is 0 Å². The number of rotatable bonds is 6. The number of hydrogen-bond donors (Lipinski definition) is 1. The molecule has 138 valence electrons. The first-order valence-electron chi connectivity index (χ1n) is 8.62. The highest BCUT2D eigenvalue weighted by Crippen LogP contribution is 2.23. The molecule has 2 rings (SSSR count). The summed E-state index contributed by atoms with van der Waals surface area (Å²) < 4.78 is 13.1. The third-order valence-corrected chi connectivity index (χ3v) is 4.56. The van der Waals surface area contributed by atoms with Crippen LogP contribution in [-0.4, -0.2) is 23.8 Å². The van der Waals surface area contributed by atoms with E-state index in [0.717, 1.165) is 16.7 Å². The zero-order valence-corrected chi connectivity index (χ0v) is 15.6. The summed E-state index contributed by atoms with van der Waals surface area (Å²) in [6, 6.07) is 13.3. The number of amides is 2. The Morgan fingerprint density at radius 2 is 1.58 bits per heavy atom. The van der Waals surface area contributed by atoms with Crippen LogP contribution in [0.1, 0.15) is 49.0 Å². The van der Waals surface area contributed by atoms with Gasteiger partial charge in [-0.15, -0.1) is 0 Å². The Morgan fingerprint density at radius 3 is 2.12 bits per heavy atom. The molecular weight excluding hydrogens is 331 g/mol. The first-order chi connectivity index (χ1) is 12.3. The van der Waals surface area contributed by atoms with Crippen molar-refractivity contribution in [1.82, 2.24) is 10.2 Å². The molecule has 1 N–H and O–H groups in total. The molecule has 0 aliphatic rings. The molecule has 26 heavy (non-hydrogen) atoms. The molecule has 0 fully saturated rings. The molecule has 0 spiro atoms. The number of aryl methyl sites for hydroxylation is 1. The number of halogens is 1. The van der Waals surface area contributed by atoms with Crippen molar-refractivity contribution in [2.75, 3.05) is 7.05 Å². The van der Waals surface area contributed by atoms with E-state index in [0.29, 0.717) is 0 Å². The van der Waals surface area contributed by atoms with Crippen molar-refractivity contribution in [3.05, 3.63) is 71.0 Å². The average Bonchev–Trinajstić information content (AvgIpc) is 2.60. The van der Waals surface area contributed by atoms with Gasteiger partial charge in [0.05, 0.1) is 18.5 Å². The van der Waals surface area contributed by atoms with E-state index in [1.54, 1.807) is 24.1 Å². The standard InChI is InChI=1S/C21H25FN2O2/c1-14-5-7-18(8-6-14)20(23-16(3)25)13-21(26)24(4)15(2)17-9-11-19(22)12-10-17/h5-12,15,20H,13H2,1-4H3,(H,23,25). The molecule has 4 nitrogen and oxygen atoms in total. The molecule has 0 aromatic heterocycles. The van der Waals surface area contributed by atoms with Crippen molar-refractivity contribution in [2.24, 2.45) is 0 Å². The summed E-state index contributed by atoms with van der Waals surface area (Å²) >= 11 is 0. The fourth-order valence-electron chi connectivity index (χ4n) is 2.80. The molecule has 0 aliphatic heterocycles. The van der Waals surface area contributed by atoms with E-state index in [1.807, 2.05) is 38.1 Å². The molecule has 0 saturated carbocycles.